The Kier molecular flexibility index (Phi) is 4.62. The van der Waals surface area contributed by atoms with Crippen LogP contribution in [0.2, 0.25) is 5.02 Å². The Morgan fingerprint density at radius 3 is 2.37 bits per heavy atom. The molecule has 0 unspecified atom stereocenters. The molecule has 0 radical (unpaired) electrons. The van der Waals surface area contributed by atoms with E-state index in [4.69, 9.17) is 11.6 Å². The zero-order valence-electron chi connectivity index (χ0n) is 15.6. The maximum atomic E-state index is 13.3. The maximum absolute atomic E-state index is 13.3. The molecular weight excluding hydrogens is 416 g/mol. The Morgan fingerprint density at radius 2 is 1.63 bits per heavy atom. The number of fused-ring (bicyclic) bond motifs is 1. The van der Waals surface area contributed by atoms with Gasteiger partial charge in [-0.25, -0.2) is 4.99 Å². The van der Waals surface area contributed by atoms with Crippen LogP contribution in [0, 0.1) is 0 Å². The first-order chi connectivity index (χ1) is 14.6. The monoisotopic (exact) mass is 430 g/mol. The van der Waals surface area contributed by atoms with E-state index in [1.54, 1.807) is 35.2 Å². The molecule has 0 aliphatic carbocycles. The molecule has 0 spiro atoms. The molecule has 5 rings (SSSR count). The average Bonchev–Trinajstić information content (AvgIpc) is 3.27. The number of thiophene rings is 1. The third kappa shape index (κ3) is 3.18. The van der Waals surface area contributed by atoms with Crippen molar-refractivity contribution in [1.29, 1.82) is 0 Å². The fourth-order valence-electron chi connectivity index (χ4n) is 3.38. The van der Waals surface area contributed by atoms with E-state index in [1.165, 1.54) is 11.3 Å². The van der Waals surface area contributed by atoms with Crippen LogP contribution < -0.4 is 4.90 Å². The Balaban J connectivity index is 1.69. The van der Waals surface area contributed by atoms with Crippen LogP contribution in [0.15, 0.2) is 89.6 Å². The number of phenols is 1. The van der Waals surface area contributed by atoms with Gasteiger partial charge in [-0.3, -0.25) is 9.69 Å². The number of carbonyl (C=O) groups is 1. The van der Waals surface area contributed by atoms with Gasteiger partial charge in [-0.05, 0) is 42.0 Å². The lowest BCUT2D eigenvalue weighted by atomic mass is 10.2. The third-order valence-corrected chi connectivity index (χ3v) is 6.48. The molecule has 1 aliphatic heterocycles. The quantitative estimate of drug-likeness (QED) is 0.399. The summed E-state index contributed by atoms with van der Waals surface area (Å²) in [5, 5.41) is 11.2. The summed E-state index contributed by atoms with van der Waals surface area (Å²) >= 11 is 8.20. The Hall–Kier alpha value is -3.41. The zero-order valence-corrected chi connectivity index (χ0v) is 17.2. The van der Waals surface area contributed by atoms with E-state index in [2.05, 4.69) is 4.99 Å². The number of hydrogen-bond acceptors (Lipinski definition) is 4. The second-order valence-electron chi connectivity index (χ2n) is 6.77. The van der Waals surface area contributed by atoms with Gasteiger partial charge in [0.15, 0.2) is 5.84 Å². The lowest BCUT2D eigenvalue weighted by Crippen LogP contribution is -2.32. The van der Waals surface area contributed by atoms with Gasteiger partial charge in [0.05, 0.1) is 15.6 Å². The van der Waals surface area contributed by atoms with Gasteiger partial charge in [0.25, 0.3) is 5.91 Å². The molecule has 3 aromatic carbocycles. The van der Waals surface area contributed by atoms with Gasteiger partial charge in [0.2, 0.25) is 0 Å². The van der Waals surface area contributed by atoms with Crippen LogP contribution >= 0.6 is 22.9 Å². The van der Waals surface area contributed by atoms with Crippen LogP contribution in [-0.2, 0) is 4.79 Å². The van der Waals surface area contributed by atoms with Crippen molar-refractivity contribution in [2.75, 3.05) is 4.90 Å². The highest BCUT2D eigenvalue weighted by Crippen LogP contribution is 2.39. The number of anilines is 1. The number of benzene rings is 3. The smallest absolute Gasteiger partial charge is 0.282 e. The minimum absolute atomic E-state index is 0.129. The summed E-state index contributed by atoms with van der Waals surface area (Å²) in [6.07, 6.45) is 1.77. The van der Waals surface area contributed by atoms with E-state index in [-0.39, 0.29) is 11.7 Å². The number of nitrogens with zero attached hydrogens (tertiary/aromatic N) is 2. The first-order valence-corrected chi connectivity index (χ1v) is 10.5. The van der Waals surface area contributed by atoms with Gasteiger partial charge in [-0.2, -0.15) is 0 Å². The number of carbonyl (C=O) groups excluding carboxylic acids is 1. The molecule has 2 heterocycles. The number of hydrogen-bond donors (Lipinski definition) is 1. The molecule has 0 atom stereocenters. The van der Waals surface area contributed by atoms with Crippen LogP contribution in [0.3, 0.4) is 0 Å². The van der Waals surface area contributed by atoms with E-state index in [0.29, 0.717) is 22.2 Å². The Bertz CT molecular complexity index is 1320. The van der Waals surface area contributed by atoms with Crippen LogP contribution in [-0.4, -0.2) is 16.8 Å². The molecule has 6 heteroatoms. The molecule has 0 saturated carbocycles. The molecule has 0 saturated heterocycles. The van der Waals surface area contributed by atoms with Gasteiger partial charge in [0, 0.05) is 10.1 Å². The predicted octanol–water partition coefficient (Wildman–Crippen LogP) is 6.09. The minimum Gasteiger partial charge on any atom is -0.508 e. The summed E-state index contributed by atoms with van der Waals surface area (Å²) in [6, 6.07) is 23.9. The summed E-state index contributed by atoms with van der Waals surface area (Å²) < 4.78 is 1.03. The lowest BCUT2D eigenvalue weighted by molar-refractivity contribution is -0.113. The fraction of sp³-hybridized carbons (Fsp3) is 0. The van der Waals surface area contributed by atoms with Crippen molar-refractivity contribution in [3.05, 3.63) is 100 Å². The van der Waals surface area contributed by atoms with Crippen molar-refractivity contribution in [1.82, 2.24) is 0 Å². The number of amidine groups is 1. The van der Waals surface area contributed by atoms with Gasteiger partial charge in [-0.15, -0.1) is 11.3 Å². The molecule has 4 nitrogen and oxygen atoms in total. The van der Waals surface area contributed by atoms with Crippen molar-refractivity contribution < 1.29 is 9.90 Å². The van der Waals surface area contributed by atoms with Crippen LogP contribution in [0.4, 0.5) is 5.69 Å². The molecule has 1 aliphatic rings. The molecular formula is C24H15ClN2O2S. The Morgan fingerprint density at radius 1 is 0.933 bits per heavy atom. The normalized spacial score (nSPS) is 15.2. The number of rotatable bonds is 3. The highest BCUT2D eigenvalue weighted by Gasteiger charge is 2.34. The topological polar surface area (TPSA) is 52.9 Å². The molecule has 146 valence electrons. The van der Waals surface area contributed by atoms with Crippen molar-refractivity contribution in [3.63, 3.8) is 0 Å². The van der Waals surface area contributed by atoms with Gasteiger partial charge >= 0.3 is 0 Å². The van der Waals surface area contributed by atoms with Gasteiger partial charge in [-0.1, -0.05) is 60.1 Å². The standard InChI is InChI=1S/C24H15ClN2O2S/c25-21-18-8-4-5-9-20(18)30-22(21)23-26-19(14-15-6-2-1-3-7-15)24(29)27(23)16-10-12-17(28)13-11-16/h1-14,28H/b19-14+. The highest BCUT2D eigenvalue weighted by atomic mass is 35.5. The van der Waals surface area contributed by atoms with Crippen molar-refractivity contribution in [2.45, 2.75) is 0 Å². The summed E-state index contributed by atoms with van der Waals surface area (Å²) in [6.45, 7) is 0. The summed E-state index contributed by atoms with van der Waals surface area (Å²) in [5.74, 6) is 0.371. The van der Waals surface area contributed by atoms with E-state index in [9.17, 15) is 9.90 Å². The summed E-state index contributed by atoms with van der Waals surface area (Å²) in [7, 11) is 0. The summed E-state index contributed by atoms with van der Waals surface area (Å²) in [4.78, 5) is 20.3. The van der Waals surface area contributed by atoms with Crippen LogP contribution in [0.25, 0.3) is 16.2 Å². The van der Waals surface area contributed by atoms with Crippen LogP contribution in [0.5, 0.6) is 5.75 Å². The molecule has 1 N–H and O–H groups in total. The molecule has 30 heavy (non-hydrogen) atoms. The molecule has 1 aromatic heterocycles. The second kappa shape index (κ2) is 7.44. The van der Waals surface area contributed by atoms with E-state index < -0.39 is 0 Å². The maximum Gasteiger partial charge on any atom is 0.282 e. The van der Waals surface area contributed by atoms with Gasteiger partial charge < -0.3 is 5.11 Å². The average molecular weight is 431 g/mol. The first kappa shape index (κ1) is 18.6. The van der Waals surface area contributed by atoms with Crippen molar-refractivity contribution >= 4 is 56.5 Å². The predicted molar refractivity (Wildman–Crippen MR) is 123 cm³/mol. The number of halogens is 1. The highest BCUT2D eigenvalue weighted by molar-refractivity contribution is 7.21. The van der Waals surface area contributed by atoms with Gasteiger partial charge in [0.1, 0.15) is 11.4 Å². The Labute approximate surface area is 182 Å². The summed E-state index contributed by atoms with van der Waals surface area (Å²) in [5.41, 5.74) is 1.83. The third-order valence-electron chi connectivity index (χ3n) is 4.81. The SMILES string of the molecule is O=C1/C(=C\c2ccccc2)N=C(c2sc3ccccc3c2Cl)N1c1ccc(O)cc1. The number of phenolic OH excluding ortho intramolecular Hbond substituents is 1. The molecule has 0 bridgehead atoms. The van der Waals surface area contributed by atoms with E-state index in [1.807, 2.05) is 54.6 Å². The number of amides is 1. The fourth-order valence-corrected chi connectivity index (χ4v) is 4.87. The van der Waals surface area contributed by atoms with E-state index >= 15 is 0 Å². The molecule has 1 amide bonds. The van der Waals surface area contributed by atoms with Crippen molar-refractivity contribution in [2.24, 2.45) is 4.99 Å². The lowest BCUT2D eigenvalue weighted by Gasteiger charge is -2.18. The van der Waals surface area contributed by atoms with E-state index in [0.717, 1.165) is 20.5 Å². The molecule has 4 aromatic rings. The second-order valence-corrected chi connectivity index (χ2v) is 8.20. The first-order valence-electron chi connectivity index (χ1n) is 9.28. The minimum atomic E-state index is -0.243. The number of aromatic hydroxyl groups is 1. The van der Waals surface area contributed by atoms with Crippen molar-refractivity contribution in [3.8, 4) is 5.75 Å². The zero-order chi connectivity index (χ0) is 20.7. The van der Waals surface area contributed by atoms with Crippen LogP contribution in [0.1, 0.15) is 10.4 Å². The molecule has 0 fully saturated rings. The largest absolute Gasteiger partial charge is 0.508 e. The number of aliphatic imine (C=N–C) groups is 1.